The number of nitrogens with zero attached hydrogens (tertiary/aromatic N) is 4. The summed E-state index contributed by atoms with van der Waals surface area (Å²) in [6.07, 6.45) is 4.31. The van der Waals surface area contributed by atoms with Crippen LogP contribution in [0.5, 0.6) is 0 Å². The van der Waals surface area contributed by atoms with Gasteiger partial charge in [-0.3, -0.25) is 9.69 Å². The second-order valence-electron chi connectivity index (χ2n) is 7.45. The van der Waals surface area contributed by atoms with E-state index >= 15 is 0 Å². The fourth-order valence-electron chi connectivity index (χ4n) is 3.13. The lowest BCUT2D eigenvalue weighted by Gasteiger charge is -2.34. The van der Waals surface area contributed by atoms with Crippen molar-refractivity contribution in [1.29, 1.82) is 0 Å². The van der Waals surface area contributed by atoms with Crippen molar-refractivity contribution in [1.82, 2.24) is 19.8 Å². The average Bonchev–Trinajstić information content (AvgIpc) is 2.69. The SMILES string of the molecule is CC(C)CCNc1cnc(C(=O)N2CCN(Cc3ccccc3)CC2)cn1. The number of piperazine rings is 1. The summed E-state index contributed by atoms with van der Waals surface area (Å²) in [6, 6.07) is 10.4. The molecule has 0 saturated carbocycles. The molecule has 1 aliphatic rings. The van der Waals surface area contributed by atoms with E-state index in [0.717, 1.165) is 51.5 Å². The van der Waals surface area contributed by atoms with E-state index < -0.39 is 0 Å². The molecule has 0 unspecified atom stereocenters. The summed E-state index contributed by atoms with van der Waals surface area (Å²) in [6.45, 7) is 9.38. The number of rotatable bonds is 7. The monoisotopic (exact) mass is 367 g/mol. The number of anilines is 1. The van der Waals surface area contributed by atoms with Crippen LogP contribution in [0.4, 0.5) is 5.82 Å². The van der Waals surface area contributed by atoms with Crippen LogP contribution in [0.1, 0.15) is 36.3 Å². The molecule has 1 saturated heterocycles. The van der Waals surface area contributed by atoms with Crippen molar-refractivity contribution >= 4 is 11.7 Å². The number of benzene rings is 1. The molecule has 1 aliphatic heterocycles. The van der Waals surface area contributed by atoms with E-state index in [1.54, 1.807) is 12.4 Å². The Labute approximate surface area is 161 Å². The number of carbonyl (C=O) groups is 1. The molecule has 3 rings (SSSR count). The fourth-order valence-corrected chi connectivity index (χ4v) is 3.13. The number of hydrogen-bond donors (Lipinski definition) is 1. The van der Waals surface area contributed by atoms with Crippen molar-refractivity contribution in [3.8, 4) is 0 Å². The molecule has 1 amide bonds. The first-order valence-electron chi connectivity index (χ1n) is 9.73. The minimum Gasteiger partial charge on any atom is -0.369 e. The number of amides is 1. The Hall–Kier alpha value is -2.47. The highest BCUT2D eigenvalue weighted by Crippen LogP contribution is 2.11. The second-order valence-corrected chi connectivity index (χ2v) is 7.45. The molecule has 0 atom stereocenters. The minimum absolute atomic E-state index is 0.0319. The summed E-state index contributed by atoms with van der Waals surface area (Å²) < 4.78 is 0. The quantitative estimate of drug-likeness (QED) is 0.815. The zero-order chi connectivity index (χ0) is 19.1. The molecule has 1 fully saturated rings. The van der Waals surface area contributed by atoms with Crippen LogP contribution in [-0.4, -0.2) is 58.4 Å². The molecular formula is C21H29N5O. The van der Waals surface area contributed by atoms with E-state index in [9.17, 15) is 4.79 Å². The van der Waals surface area contributed by atoms with Gasteiger partial charge in [0.05, 0.1) is 12.4 Å². The summed E-state index contributed by atoms with van der Waals surface area (Å²) in [7, 11) is 0. The first-order chi connectivity index (χ1) is 13.1. The van der Waals surface area contributed by atoms with E-state index in [0.29, 0.717) is 11.6 Å². The van der Waals surface area contributed by atoms with Crippen LogP contribution in [0.25, 0.3) is 0 Å². The number of hydrogen-bond acceptors (Lipinski definition) is 5. The van der Waals surface area contributed by atoms with Crippen molar-refractivity contribution in [2.24, 2.45) is 5.92 Å². The highest BCUT2D eigenvalue weighted by Gasteiger charge is 2.23. The lowest BCUT2D eigenvalue weighted by atomic mass is 10.1. The summed E-state index contributed by atoms with van der Waals surface area (Å²) >= 11 is 0. The molecule has 2 heterocycles. The zero-order valence-corrected chi connectivity index (χ0v) is 16.3. The standard InChI is InChI=1S/C21H29N5O/c1-17(2)8-9-22-20-15-23-19(14-24-20)21(27)26-12-10-25(11-13-26)16-18-6-4-3-5-7-18/h3-7,14-15,17H,8-13,16H2,1-2H3,(H,22,24). The maximum absolute atomic E-state index is 12.7. The van der Waals surface area contributed by atoms with Crippen LogP contribution < -0.4 is 5.32 Å². The molecular weight excluding hydrogens is 338 g/mol. The van der Waals surface area contributed by atoms with Crippen molar-refractivity contribution in [2.75, 3.05) is 38.0 Å². The highest BCUT2D eigenvalue weighted by molar-refractivity contribution is 5.92. The van der Waals surface area contributed by atoms with Crippen LogP contribution in [0.2, 0.25) is 0 Å². The first-order valence-corrected chi connectivity index (χ1v) is 9.73. The van der Waals surface area contributed by atoms with Gasteiger partial charge in [-0.2, -0.15) is 0 Å². The fraction of sp³-hybridized carbons (Fsp3) is 0.476. The van der Waals surface area contributed by atoms with E-state index in [4.69, 9.17) is 0 Å². The van der Waals surface area contributed by atoms with Crippen molar-refractivity contribution in [2.45, 2.75) is 26.8 Å². The van der Waals surface area contributed by atoms with Crippen molar-refractivity contribution in [3.05, 3.63) is 54.0 Å². The van der Waals surface area contributed by atoms with E-state index in [2.05, 4.69) is 58.3 Å². The molecule has 6 heteroatoms. The van der Waals surface area contributed by atoms with Gasteiger partial charge in [0, 0.05) is 39.3 Å². The molecule has 0 bridgehead atoms. The Kier molecular flexibility index (Phi) is 6.76. The maximum atomic E-state index is 12.7. The van der Waals surface area contributed by atoms with Gasteiger partial charge in [-0.1, -0.05) is 44.2 Å². The normalized spacial score (nSPS) is 15.1. The minimum atomic E-state index is -0.0319. The molecule has 144 valence electrons. The third-order valence-electron chi connectivity index (χ3n) is 4.81. The Morgan fingerprint density at radius 2 is 1.81 bits per heavy atom. The third-order valence-corrected chi connectivity index (χ3v) is 4.81. The van der Waals surface area contributed by atoms with Crippen LogP contribution in [0.15, 0.2) is 42.7 Å². The van der Waals surface area contributed by atoms with Gasteiger partial charge in [0.15, 0.2) is 0 Å². The van der Waals surface area contributed by atoms with E-state index in [1.165, 1.54) is 5.56 Å². The third kappa shape index (κ3) is 5.76. The van der Waals surface area contributed by atoms with Crippen LogP contribution >= 0.6 is 0 Å². The average molecular weight is 367 g/mol. The Bertz CT molecular complexity index is 709. The highest BCUT2D eigenvalue weighted by atomic mass is 16.2. The maximum Gasteiger partial charge on any atom is 0.274 e. The van der Waals surface area contributed by atoms with Crippen LogP contribution in [0.3, 0.4) is 0 Å². The first kappa shape index (κ1) is 19.3. The number of carbonyl (C=O) groups excluding carboxylic acids is 1. The summed E-state index contributed by atoms with van der Waals surface area (Å²) in [4.78, 5) is 25.6. The van der Waals surface area contributed by atoms with Crippen LogP contribution in [-0.2, 0) is 6.54 Å². The van der Waals surface area contributed by atoms with Crippen molar-refractivity contribution in [3.63, 3.8) is 0 Å². The predicted octanol–water partition coefficient (Wildman–Crippen LogP) is 2.89. The van der Waals surface area contributed by atoms with Gasteiger partial charge in [-0.05, 0) is 17.9 Å². The number of aromatic nitrogens is 2. The lowest BCUT2D eigenvalue weighted by molar-refractivity contribution is 0.0622. The molecule has 27 heavy (non-hydrogen) atoms. The Morgan fingerprint density at radius 1 is 1.07 bits per heavy atom. The van der Waals surface area contributed by atoms with Crippen molar-refractivity contribution < 1.29 is 4.79 Å². The van der Waals surface area contributed by atoms with Crippen LogP contribution in [0, 0.1) is 5.92 Å². The molecule has 1 aromatic carbocycles. The van der Waals surface area contributed by atoms with E-state index in [1.807, 2.05) is 11.0 Å². The van der Waals surface area contributed by atoms with E-state index in [-0.39, 0.29) is 5.91 Å². The second kappa shape index (κ2) is 9.46. The Morgan fingerprint density at radius 3 is 2.44 bits per heavy atom. The lowest BCUT2D eigenvalue weighted by Crippen LogP contribution is -2.48. The topological polar surface area (TPSA) is 61.4 Å². The number of nitrogens with one attached hydrogen (secondary N) is 1. The summed E-state index contributed by atoms with van der Waals surface area (Å²) in [5, 5.41) is 3.25. The summed E-state index contributed by atoms with van der Waals surface area (Å²) in [5.74, 6) is 1.34. The summed E-state index contributed by atoms with van der Waals surface area (Å²) in [5.41, 5.74) is 1.73. The van der Waals surface area contributed by atoms with Gasteiger partial charge in [0.1, 0.15) is 11.5 Å². The van der Waals surface area contributed by atoms with Gasteiger partial charge in [0.2, 0.25) is 0 Å². The van der Waals surface area contributed by atoms with Gasteiger partial charge >= 0.3 is 0 Å². The predicted molar refractivity (Wildman–Crippen MR) is 108 cm³/mol. The molecule has 1 aromatic heterocycles. The smallest absolute Gasteiger partial charge is 0.274 e. The zero-order valence-electron chi connectivity index (χ0n) is 16.3. The molecule has 1 N–H and O–H groups in total. The van der Waals surface area contributed by atoms with Gasteiger partial charge in [-0.25, -0.2) is 9.97 Å². The van der Waals surface area contributed by atoms with Gasteiger partial charge < -0.3 is 10.2 Å². The molecule has 6 nitrogen and oxygen atoms in total. The molecule has 0 aliphatic carbocycles. The van der Waals surface area contributed by atoms with Gasteiger partial charge in [-0.15, -0.1) is 0 Å². The molecule has 2 aromatic rings. The molecule has 0 spiro atoms. The molecule has 0 radical (unpaired) electrons. The van der Waals surface area contributed by atoms with Gasteiger partial charge in [0.25, 0.3) is 5.91 Å². The largest absolute Gasteiger partial charge is 0.369 e. The Balaban J connectivity index is 1.47.